The van der Waals surface area contributed by atoms with Gasteiger partial charge in [0.05, 0.1) is 22.0 Å². The predicted octanol–water partition coefficient (Wildman–Crippen LogP) is 7.09. The molecule has 0 saturated heterocycles. The molecule has 1 saturated carbocycles. The number of fused-ring (bicyclic) bond motifs is 1. The Labute approximate surface area is 258 Å². The highest BCUT2D eigenvalue weighted by Crippen LogP contribution is 2.35. The van der Waals surface area contributed by atoms with Crippen LogP contribution in [0.1, 0.15) is 55.0 Å². The fraction of sp³-hybridized carbons (Fsp3) is 0.267. The number of aromatic nitrogens is 2. The fourth-order valence-electron chi connectivity index (χ4n) is 5.05. The number of para-hydroxylation sites is 1. The number of nitrogens with one attached hydrogen (secondary N) is 1. The summed E-state index contributed by atoms with van der Waals surface area (Å²) in [4.78, 5) is 42.6. The standard InChI is InChI=1S/C30H27Br2N5O5/c1-18-7-5-6-10-24(18)34-27(38)17-42-28-20(13-22(32)15-26(28)37(40)41)16-33-36-29(19-8-3-2-4-9-19)35-25-12-11-21(31)14-23(25)30(36)39/h5-7,10-16,19H,2-4,8-9,17H2,1H3,(H,34,38). The van der Waals surface area contributed by atoms with Gasteiger partial charge in [-0.05, 0) is 55.7 Å². The highest BCUT2D eigenvalue weighted by molar-refractivity contribution is 9.10. The molecule has 12 heteroatoms. The number of carbonyl (C=O) groups is 1. The van der Waals surface area contributed by atoms with Gasteiger partial charge >= 0.3 is 5.69 Å². The van der Waals surface area contributed by atoms with Crippen molar-refractivity contribution in [1.82, 2.24) is 9.66 Å². The average molecular weight is 697 g/mol. The summed E-state index contributed by atoms with van der Waals surface area (Å²) in [7, 11) is 0. The van der Waals surface area contributed by atoms with Gasteiger partial charge in [0, 0.05) is 32.2 Å². The normalized spacial score (nSPS) is 13.9. The zero-order valence-electron chi connectivity index (χ0n) is 22.7. The van der Waals surface area contributed by atoms with E-state index in [1.54, 1.807) is 30.3 Å². The van der Waals surface area contributed by atoms with Crippen molar-refractivity contribution in [3.8, 4) is 5.75 Å². The van der Waals surface area contributed by atoms with Gasteiger partial charge in [-0.3, -0.25) is 19.7 Å². The minimum absolute atomic E-state index is 0.0503. The monoisotopic (exact) mass is 695 g/mol. The smallest absolute Gasteiger partial charge is 0.312 e. The van der Waals surface area contributed by atoms with Crippen LogP contribution in [0.5, 0.6) is 5.75 Å². The number of ether oxygens (including phenoxy) is 1. The molecule has 0 radical (unpaired) electrons. The summed E-state index contributed by atoms with van der Waals surface area (Å²) in [6.45, 7) is 1.38. The van der Waals surface area contributed by atoms with Crippen molar-refractivity contribution < 1.29 is 14.5 Å². The molecule has 3 aromatic carbocycles. The molecule has 4 aromatic rings. The maximum atomic E-state index is 13.7. The molecule has 0 unspecified atom stereocenters. The van der Waals surface area contributed by atoms with E-state index in [4.69, 9.17) is 9.72 Å². The topological polar surface area (TPSA) is 129 Å². The summed E-state index contributed by atoms with van der Waals surface area (Å²) in [6, 6.07) is 15.5. The Balaban J connectivity index is 1.54. The third-order valence-electron chi connectivity index (χ3n) is 7.14. The molecule has 1 N–H and O–H groups in total. The van der Waals surface area contributed by atoms with Crippen LogP contribution in [0.15, 0.2) is 73.4 Å². The van der Waals surface area contributed by atoms with E-state index in [2.05, 4.69) is 42.3 Å². The molecule has 1 amide bonds. The summed E-state index contributed by atoms with van der Waals surface area (Å²) < 4.78 is 8.16. The van der Waals surface area contributed by atoms with Crippen molar-refractivity contribution in [3.63, 3.8) is 0 Å². The van der Waals surface area contributed by atoms with E-state index < -0.39 is 17.4 Å². The molecular formula is C30H27Br2N5O5. The summed E-state index contributed by atoms with van der Waals surface area (Å²) in [6.07, 6.45) is 6.30. The second-order valence-corrected chi connectivity index (χ2v) is 11.9. The SMILES string of the molecule is Cc1ccccc1NC(=O)COc1c(C=Nn2c(C3CCCCC3)nc3ccc(Br)cc3c2=O)cc(Br)cc1[N+](=O)[O-]. The van der Waals surface area contributed by atoms with Crippen LogP contribution >= 0.6 is 31.9 Å². The van der Waals surface area contributed by atoms with Crippen molar-refractivity contribution in [2.75, 3.05) is 11.9 Å². The van der Waals surface area contributed by atoms with Gasteiger partial charge in [0.25, 0.3) is 11.5 Å². The van der Waals surface area contributed by atoms with E-state index in [1.165, 1.54) is 17.0 Å². The Morgan fingerprint density at radius 2 is 1.90 bits per heavy atom. The molecule has 10 nitrogen and oxygen atoms in total. The van der Waals surface area contributed by atoms with Crippen molar-refractivity contribution in [1.29, 1.82) is 0 Å². The first-order chi connectivity index (χ1) is 20.2. The van der Waals surface area contributed by atoms with E-state index in [0.717, 1.165) is 42.1 Å². The second-order valence-electron chi connectivity index (χ2n) is 10.1. The van der Waals surface area contributed by atoms with Gasteiger partial charge < -0.3 is 10.1 Å². The molecular weight excluding hydrogens is 670 g/mol. The van der Waals surface area contributed by atoms with Gasteiger partial charge in [-0.15, -0.1) is 0 Å². The summed E-state index contributed by atoms with van der Waals surface area (Å²) >= 11 is 6.74. The van der Waals surface area contributed by atoms with Gasteiger partial charge in [0.15, 0.2) is 6.61 Å². The van der Waals surface area contributed by atoms with Crippen LogP contribution in [-0.4, -0.2) is 33.3 Å². The van der Waals surface area contributed by atoms with Gasteiger partial charge in [-0.2, -0.15) is 9.78 Å². The molecule has 0 atom stereocenters. The number of nitrogens with zero attached hydrogens (tertiary/aromatic N) is 4. The number of hydrogen-bond acceptors (Lipinski definition) is 7. The Hall–Kier alpha value is -3.90. The fourth-order valence-corrected chi connectivity index (χ4v) is 5.87. The Morgan fingerprint density at radius 3 is 2.64 bits per heavy atom. The average Bonchev–Trinajstić information content (AvgIpc) is 2.97. The predicted molar refractivity (Wildman–Crippen MR) is 169 cm³/mol. The minimum atomic E-state index is -0.592. The zero-order chi connectivity index (χ0) is 29.8. The molecule has 1 heterocycles. The number of halogens is 2. The lowest BCUT2D eigenvalue weighted by Crippen LogP contribution is -2.25. The maximum Gasteiger partial charge on any atom is 0.312 e. The Morgan fingerprint density at radius 1 is 1.14 bits per heavy atom. The second kappa shape index (κ2) is 13.0. The van der Waals surface area contributed by atoms with Crippen LogP contribution in [0.4, 0.5) is 11.4 Å². The molecule has 1 aromatic heterocycles. The number of anilines is 1. The van der Waals surface area contributed by atoms with Crippen LogP contribution < -0.4 is 15.6 Å². The van der Waals surface area contributed by atoms with Crippen molar-refractivity contribution in [3.05, 3.63) is 101 Å². The summed E-state index contributed by atoms with van der Waals surface area (Å²) in [5.41, 5.74) is 1.58. The lowest BCUT2D eigenvalue weighted by atomic mass is 9.88. The van der Waals surface area contributed by atoms with Crippen LogP contribution in [0.2, 0.25) is 0 Å². The third kappa shape index (κ3) is 6.60. The largest absolute Gasteiger partial charge is 0.476 e. The van der Waals surface area contributed by atoms with Gasteiger partial charge in [0.2, 0.25) is 5.75 Å². The zero-order valence-corrected chi connectivity index (χ0v) is 25.9. The number of nitro benzene ring substituents is 1. The number of benzene rings is 3. The lowest BCUT2D eigenvalue weighted by Gasteiger charge is -2.22. The molecule has 0 aliphatic heterocycles. The number of hydrogen-bond donors (Lipinski definition) is 1. The number of amides is 1. The Kier molecular flexibility index (Phi) is 9.12. The minimum Gasteiger partial charge on any atom is -0.476 e. The highest BCUT2D eigenvalue weighted by atomic mass is 79.9. The van der Waals surface area contributed by atoms with Crippen LogP contribution in [-0.2, 0) is 4.79 Å². The summed E-state index contributed by atoms with van der Waals surface area (Å²) in [5, 5.41) is 19.6. The van der Waals surface area contributed by atoms with E-state index in [1.807, 2.05) is 25.1 Å². The van der Waals surface area contributed by atoms with Crippen LogP contribution in [0.25, 0.3) is 10.9 Å². The van der Waals surface area contributed by atoms with Gasteiger partial charge in [0.1, 0.15) is 5.82 Å². The molecule has 1 aliphatic carbocycles. The van der Waals surface area contributed by atoms with E-state index in [9.17, 15) is 19.7 Å². The number of rotatable bonds is 8. The first-order valence-corrected chi connectivity index (χ1v) is 15.0. The summed E-state index contributed by atoms with van der Waals surface area (Å²) in [5.74, 6) is -0.0233. The molecule has 1 aliphatic rings. The van der Waals surface area contributed by atoms with Crippen molar-refractivity contribution in [2.24, 2.45) is 5.10 Å². The molecule has 216 valence electrons. The van der Waals surface area contributed by atoms with E-state index >= 15 is 0 Å². The number of nitro groups is 1. The molecule has 42 heavy (non-hydrogen) atoms. The first-order valence-electron chi connectivity index (χ1n) is 13.4. The van der Waals surface area contributed by atoms with E-state index in [-0.39, 0.29) is 28.5 Å². The molecule has 5 rings (SSSR count). The van der Waals surface area contributed by atoms with Crippen LogP contribution in [0, 0.1) is 17.0 Å². The molecule has 0 spiro atoms. The molecule has 1 fully saturated rings. The van der Waals surface area contributed by atoms with Gasteiger partial charge in [-0.25, -0.2) is 4.98 Å². The third-order valence-corrected chi connectivity index (χ3v) is 8.09. The lowest BCUT2D eigenvalue weighted by molar-refractivity contribution is -0.385. The van der Waals surface area contributed by atoms with Crippen molar-refractivity contribution >= 4 is 66.3 Å². The number of aryl methyl sites for hydroxylation is 1. The van der Waals surface area contributed by atoms with Crippen molar-refractivity contribution in [2.45, 2.75) is 44.9 Å². The maximum absolute atomic E-state index is 13.7. The van der Waals surface area contributed by atoms with Crippen LogP contribution in [0.3, 0.4) is 0 Å². The Bertz CT molecular complexity index is 1770. The first kappa shape index (κ1) is 29.6. The number of carbonyl (C=O) groups excluding carboxylic acids is 1. The molecule has 0 bridgehead atoms. The van der Waals surface area contributed by atoms with E-state index in [0.29, 0.717) is 26.9 Å². The van der Waals surface area contributed by atoms with Gasteiger partial charge in [-0.1, -0.05) is 69.3 Å². The highest BCUT2D eigenvalue weighted by Gasteiger charge is 2.24. The quantitative estimate of drug-likeness (QED) is 0.119.